The van der Waals surface area contributed by atoms with Gasteiger partial charge in [-0.15, -0.1) is 0 Å². The summed E-state index contributed by atoms with van der Waals surface area (Å²) >= 11 is 0. The first kappa shape index (κ1) is 27.3. The van der Waals surface area contributed by atoms with Gasteiger partial charge in [-0.25, -0.2) is 0 Å². The molecular weight excluding hydrogens is 540 g/mol. The van der Waals surface area contributed by atoms with Crippen LogP contribution in [0.5, 0.6) is 0 Å². The minimum atomic E-state index is -3.74. The van der Waals surface area contributed by atoms with Gasteiger partial charge in [0.15, 0.2) is 0 Å². The Balaban J connectivity index is 1.33. The second kappa shape index (κ2) is 10.3. The minimum absolute atomic E-state index is 0.0214. The van der Waals surface area contributed by atoms with Gasteiger partial charge in [0.25, 0.3) is 10.1 Å². The Morgan fingerprint density at radius 2 is 1.45 bits per heavy atom. The zero-order valence-corrected chi connectivity index (χ0v) is 25.1. The van der Waals surface area contributed by atoms with Gasteiger partial charge in [-0.05, 0) is 110 Å². The first-order chi connectivity index (χ1) is 20.3. The maximum atomic E-state index is 12.4. The van der Waals surface area contributed by atoms with E-state index in [0.717, 1.165) is 22.9 Å². The fourth-order valence-corrected chi connectivity index (χ4v) is 9.02. The third-order valence-corrected chi connectivity index (χ3v) is 11.3. The SMILES string of the molecule is CCOS(=O)(=O)c1ccc(C(C)CC2c3ccc(CO)c4cccc(c34)C2C2c3cccc4cccc(c34)C2C)cc1. The standard InChI is InChI=1S/C37H36O4S/c1-4-41-42(39,40)27-17-14-24(15-18-27)22(2)20-33-30-19-16-26(21-38)29-11-7-13-32(36(29)30)37(33)34-23(3)28-10-5-8-25-9-6-12-31(34)35(25)28/h5-19,22-23,33-34,37-38H,4,20-21H2,1-3H3. The average molecular weight is 577 g/mol. The van der Waals surface area contributed by atoms with Crippen LogP contribution < -0.4 is 0 Å². The quantitative estimate of drug-likeness (QED) is 0.188. The van der Waals surface area contributed by atoms with E-state index in [2.05, 4.69) is 80.6 Å². The van der Waals surface area contributed by atoms with Crippen LogP contribution in [0.1, 0.15) is 90.2 Å². The van der Waals surface area contributed by atoms with Gasteiger partial charge in [-0.3, -0.25) is 4.18 Å². The van der Waals surface area contributed by atoms with Crippen LogP contribution >= 0.6 is 0 Å². The van der Waals surface area contributed by atoms with E-state index in [-0.39, 0.29) is 35.9 Å². The molecule has 5 aromatic rings. The van der Waals surface area contributed by atoms with E-state index in [1.165, 1.54) is 38.4 Å². The predicted octanol–water partition coefficient (Wildman–Crippen LogP) is 8.49. The van der Waals surface area contributed by atoms with Crippen molar-refractivity contribution in [2.24, 2.45) is 0 Å². The van der Waals surface area contributed by atoms with Crippen LogP contribution in [-0.2, 0) is 20.9 Å². The predicted molar refractivity (Wildman–Crippen MR) is 169 cm³/mol. The molecule has 0 heterocycles. The summed E-state index contributed by atoms with van der Waals surface area (Å²) in [4.78, 5) is 0.193. The molecule has 0 aromatic heterocycles. The lowest BCUT2D eigenvalue weighted by atomic mass is 9.70. The van der Waals surface area contributed by atoms with Gasteiger partial charge >= 0.3 is 0 Å². The Morgan fingerprint density at radius 1 is 0.786 bits per heavy atom. The molecule has 214 valence electrons. The summed E-state index contributed by atoms with van der Waals surface area (Å²) in [6, 6.07) is 31.7. The molecule has 0 bridgehead atoms. The topological polar surface area (TPSA) is 63.6 Å². The smallest absolute Gasteiger partial charge is 0.296 e. The van der Waals surface area contributed by atoms with E-state index in [1.807, 2.05) is 12.1 Å². The maximum Gasteiger partial charge on any atom is 0.296 e. The number of hydrogen-bond acceptors (Lipinski definition) is 4. The van der Waals surface area contributed by atoms with Crippen molar-refractivity contribution in [1.82, 2.24) is 0 Å². The molecule has 1 N–H and O–H groups in total. The molecule has 0 saturated heterocycles. The number of hydrogen-bond donors (Lipinski definition) is 1. The van der Waals surface area contributed by atoms with Crippen LogP contribution in [0.2, 0.25) is 0 Å². The van der Waals surface area contributed by atoms with Crippen LogP contribution in [0.25, 0.3) is 21.5 Å². The number of aliphatic hydroxyl groups excluding tert-OH is 1. The Labute approximate surface area is 248 Å². The van der Waals surface area contributed by atoms with E-state index >= 15 is 0 Å². The van der Waals surface area contributed by atoms with Crippen molar-refractivity contribution >= 4 is 31.7 Å². The number of benzene rings is 5. The van der Waals surface area contributed by atoms with Crippen molar-refractivity contribution in [2.45, 2.75) is 68.3 Å². The van der Waals surface area contributed by atoms with E-state index < -0.39 is 10.1 Å². The number of aliphatic hydroxyl groups is 1. The molecule has 42 heavy (non-hydrogen) atoms. The molecule has 0 amide bonds. The number of rotatable bonds is 8. The second-order valence-electron chi connectivity index (χ2n) is 12.0. The first-order valence-corrected chi connectivity index (χ1v) is 16.4. The molecule has 0 radical (unpaired) electrons. The Morgan fingerprint density at radius 3 is 2.14 bits per heavy atom. The van der Waals surface area contributed by atoms with Crippen LogP contribution in [0, 0.1) is 0 Å². The zero-order chi connectivity index (χ0) is 29.2. The second-order valence-corrected chi connectivity index (χ2v) is 13.7. The fourth-order valence-electron chi connectivity index (χ4n) is 8.10. The molecule has 5 atom stereocenters. The van der Waals surface area contributed by atoms with Crippen LogP contribution in [0.4, 0.5) is 0 Å². The highest BCUT2D eigenvalue weighted by Gasteiger charge is 2.45. The van der Waals surface area contributed by atoms with Gasteiger partial charge in [0, 0.05) is 0 Å². The molecule has 4 nitrogen and oxygen atoms in total. The normalized spacial score (nSPS) is 21.8. The fraction of sp³-hybridized carbons (Fsp3) is 0.297. The molecule has 0 aliphatic heterocycles. The van der Waals surface area contributed by atoms with Gasteiger partial charge in [0.2, 0.25) is 0 Å². The summed E-state index contributed by atoms with van der Waals surface area (Å²) in [5.41, 5.74) is 7.71. The van der Waals surface area contributed by atoms with Crippen molar-refractivity contribution < 1.29 is 17.7 Å². The highest BCUT2D eigenvalue weighted by molar-refractivity contribution is 7.86. The first-order valence-electron chi connectivity index (χ1n) is 15.0. The zero-order valence-electron chi connectivity index (χ0n) is 24.2. The largest absolute Gasteiger partial charge is 0.392 e. The van der Waals surface area contributed by atoms with Gasteiger partial charge in [0.1, 0.15) is 0 Å². The van der Waals surface area contributed by atoms with Crippen LogP contribution in [0.3, 0.4) is 0 Å². The summed E-state index contributed by atoms with van der Waals surface area (Å²) in [6.45, 7) is 6.45. The lowest BCUT2D eigenvalue weighted by molar-refractivity contribution is 0.283. The third kappa shape index (κ3) is 4.13. The lowest BCUT2D eigenvalue weighted by Gasteiger charge is -2.33. The maximum absolute atomic E-state index is 12.4. The van der Waals surface area contributed by atoms with Gasteiger partial charge in [0.05, 0.1) is 18.1 Å². The molecule has 0 saturated carbocycles. The Hall–Kier alpha value is -3.51. The van der Waals surface area contributed by atoms with Crippen LogP contribution in [-0.4, -0.2) is 20.1 Å². The molecule has 0 spiro atoms. The summed E-state index contributed by atoms with van der Waals surface area (Å²) in [5, 5.41) is 15.4. The van der Waals surface area contributed by atoms with Crippen molar-refractivity contribution in [1.29, 1.82) is 0 Å². The van der Waals surface area contributed by atoms with Crippen LogP contribution in [0.15, 0.2) is 95.9 Å². The molecule has 2 aliphatic carbocycles. The summed E-state index contributed by atoms with van der Waals surface area (Å²) in [5.74, 6) is 1.47. The Bertz CT molecular complexity index is 1920. The summed E-state index contributed by atoms with van der Waals surface area (Å²) in [6.07, 6.45) is 0.931. The summed E-state index contributed by atoms with van der Waals surface area (Å²) < 4.78 is 29.9. The van der Waals surface area contributed by atoms with E-state index in [1.54, 1.807) is 19.1 Å². The monoisotopic (exact) mass is 576 g/mol. The van der Waals surface area contributed by atoms with E-state index in [9.17, 15) is 13.5 Å². The molecular formula is C37H36O4S. The molecule has 5 aromatic carbocycles. The van der Waals surface area contributed by atoms with Crippen molar-refractivity contribution in [3.8, 4) is 0 Å². The highest BCUT2D eigenvalue weighted by Crippen LogP contribution is 2.62. The Kier molecular flexibility index (Phi) is 6.73. The molecule has 0 fully saturated rings. The van der Waals surface area contributed by atoms with Crippen molar-refractivity contribution in [3.63, 3.8) is 0 Å². The van der Waals surface area contributed by atoms with Crippen molar-refractivity contribution in [3.05, 3.63) is 124 Å². The molecule has 5 unspecified atom stereocenters. The van der Waals surface area contributed by atoms with Gasteiger partial charge in [-0.1, -0.05) is 92.7 Å². The molecule has 2 aliphatic rings. The molecule has 7 rings (SSSR count). The highest BCUT2D eigenvalue weighted by atomic mass is 32.2. The third-order valence-electron chi connectivity index (χ3n) is 9.92. The molecule has 5 heteroatoms. The lowest BCUT2D eigenvalue weighted by Crippen LogP contribution is -2.19. The van der Waals surface area contributed by atoms with Crippen molar-refractivity contribution in [2.75, 3.05) is 6.61 Å². The van der Waals surface area contributed by atoms with E-state index in [0.29, 0.717) is 11.8 Å². The minimum Gasteiger partial charge on any atom is -0.392 e. The summed E-state index contributed by atoms with van der Waals surface area (Å²) in [7, 11) is -3.74. The van der Waals surface area contributed by atoms with E-state index in [4.69, 9.17) is 4.18 Å². The average Bonchev–Trinajstić information content (AvgIpc) is 3.46. The van der Waals surface area contributed by atoms with Gasteiger partial charge < -0.3 is 5.11 Å². The van der Waals surface area contributed by atoms with Gasteiger partial charge in [-0.2, -0.15) is 8.42 Å².